The summed E-state index contributed by atoms with van der Waals surface area (Å²) in [5.41, 5.74) is 7.16. The molecule has 0 amide bonds. The van der Waals surface area contributed by atoms with Gasteiger partial charge in [-0.3, -0.25) is 0 Å². The van der Waals surface area contributed by atoms with Crippen molar-refractivity contribution in [1.82, 2.24) is 0 Å². The van der Waals surface area contributed by atoms with Crippen molar-refractivity contribution in [2.45, 2.75) is 39.2 Å². The summed E-state index contributed by atoms with van der Waals surface area (Å²) in [6.45, 7) is 4.38. The SMILES string of the molecule is CCC(C)CC(N)Cc1ccc(F)cc1Br. The summed E-state index contributed by atoms with van der Waals surface area (Å²) >= 11 is 3.36. The van der Waals surface area contributed by atoms with E-state index in [-0.39, 0.29) is 11.9 Å². The number of halogens is 2. The largest absolute Gasteiger partial charge is 0.327 e. The lowest BCUT2D eigenvalue weighted by atomic mass is 9.95. The molecule has 0 aliphatic heterocycles. The number of rotatable bonds is 5. The molecule has 0 aliphatic carbocycles. The van der Waals surface area contributed by atoms with Crippen LogP contribution in [0.25, 0.3) is 0 Å². The van der Waals surface area contributed by atoms with Crippen molar-refractivity contribution >= 4 is 15.9 Å². The normalized spacial score (nSPS) is 14.8. The highest BCUT2D eigenvalue weighted by Crippen LogP contribution is 2.21. The third-order valence-corrected chi connectivity index (χ3v) is 3.64. The lowest BCUT2D eigenvalue weighted by Gasteiger charge is -2.16. The third-order valence-electron chi connectivity index (χ3n) is 2.90. The summed E-state index contributed by atoms with van der Waals surface area (Å²) in [4.78, 5) is 0. The molecule has 90 valence electrons. The highest BCUT2D eigenvalue weighted by Gasteiger charge is 2.10. The second kappa shape index (κ2) is 6.36. The maximum atomic E-state index is 12.9. The van der Waals surface area contributed by atoms with Gasteiger partial charge in [0, 0.05) is 10.5 Å². The van der Waals surface area contributed by atoms with E-state index in [2.05, 4.69) is 29.8 Å². The van der Waals surface area contributed by atoms with E-state index in [1.54, 1.807) is 6.07 Å². The third kappa shape index (κ3) is 4.22. The van der Waals surface area contributed by atoms with Gasteiger partial charge in [0.25, 0.3) is 0 Å². The van der Waals surface area contributed by atoms with E-state index in [0.717, 1.165) is 29.3 Å². The van der Waals surface area contributed by atoms with E-state index in [1.165, 1.54) is 12.1 Å². The van der Waals surface area contributed by atoms with Crippen LogP contribution in [-0.4, -0.2) is 6.04 Å². The highest BCUT2D eigenvalue weighted by atomic mass is 79.9. The fourth-order valence-electron chi connectivity index (χ4n) is 1.74. The van der Waals surface area contributed by atoms with Crippen molar-refractivity contribution in [2.24, 2.45) is 11.7 Å². The maximum Gasteiger partial charge on any atom is 0.124 e. The van der Waals surface area contributed by atoms with Gasteiger partial charge in [0.05, 0.1) is 0 Å². The van der Waals surface area contributed by atoms with E-state index in [0.29, 0.717) is 5.92 Å². The monoisotopic (exact) mass is 287 g/mol. The summed E-state index contributed by atoms with van der Waals surface area (Å²) in [5.74, 6) is 0.431. The molecule has 0 heterocycles. The van der Waals surface area contributed by atoms with Gasteiger partial charge in [-0.15, -0.1) is 0 Å². The van der Waals surface area contributed by atoms with E-state index >= 15 is 0 Å². The van der Waals surface area contributed by atoms with Crippen molar-refractivity contribution < 1.29 is 4.39 Å². The Morgan fingerprint density at radius 1 is 1.44 bits per heavy atom. The Morgan fingerprint density at radius 3 is 2.69 bits per heavy atom. The number of hydrogen-bond donors (Lipinski definition) is 1. The molecule has 3 heteroatoms. The van der Waals surface area contributed by atoms with Gasteiger partial charge in [0.1, 0.15) is 5.82 Å². The Hall–Kier alpha value is -0.410. The van der Waals surface area contributed by atoms with Gasteiger partial charge in [-0.25, -0.2) is 4.39 Å². The van der Waals surface area contributed by atoms with Crippen molar-refractivity contribution in [3.8, 4) is 0 Å². The Kier molecular flexibility index (Phi) is 5.42. The molecule has 2 unspecified atom stereocenters. The standard InChI is InChI=1S/C13H19BrFN/c1-3-9(2)6-12(16)7-10-4-5-11(15)8-13(10)14/h4-5,8-9,12H,3,6-7,16H2,1-2H3. The van der Waals surface area contributed by atoms with Crippen LogP contribution in [-0.2, 0) is 6.42 Å². The Labute approximate surface area is 105 Å². The first-order chi connectivity index (χ1) is 7.52. The van der Waals surface area contributed by atoms with Crippen LogP contribution in [0.2, 0.25) is 0 Å². The number of benzene rings is 1. The number of nitrogens with two attached hydrogens (primary N) is 1. The van der Waals surface area contributed by atoms with Crippen molar-refractivity contribution in [2.75, 3.05) is 0 Å². The minimum atomic E-state index is -0.217. The number of hydrogen-bond acceptors (Lipinski definition) is 1. The summed E-state index contributed by atoms with van der Waals surface area (Å²) in [6.07, 6.45) is 2.96. The average Bonchev–Trinajstić information content (AvgIpc) is 2.22. The molecule has 0 radical (unpaired) electrons. The van der Waals surface area contributed by atoms with Crippen LogP contribution in [0.4, 0.5) is 4.39 Å². The van der Waals surface area contributed by atoms with E-state index in [9.17, 15) is 4.39 Å². The van der Waals surface area contributed by atoms with Crippen LogP contribution in [0.3, 0.4) is 0 Å². The minimum absolute atomic E-state index is 0.150. The molecule has 1 nitrogen and oxygen atoms in total. The molecule has 1 rings (SSSR count). The topological polar surface area (TPSA) is 26.0 Å². The Balaban J connectivity index is 2.59. The van der Waals surface area contributed by atoms with E-state index in [1.807, 2.05) is 0 Å². The van der Waals surface area contributed by atoms with Gasteiger partial charge < -0.3 is 5.73 Å². The molecule has 0 aromatic heterocycles. The smallest absolute Gasteiger partial charge is 0.124 e. The van der Waals surface area contributed by atoms with Crippen LogP contribution in [0, 0.1) is 11.7 Å². The summed E-state index contributed by atoms with van der Waals surface area (Å²) in [6, 6.07) is 4.92. The van der Waals surface area contributed by atoms with Crippen molar-refractivity contribution in [1.29, 1.82) is 0 Å². The van der Waals surface area contributed by atoms with Crippen LogP contribution in [0.5, 0.6) is 0 Å². The zero-order valence-corrected chi connectivity index (χ0v) is 11.4. The maximum absolute atomic E-state index is 12.9. The van der Waals surface area contributed by atoms with Gasteiger partial charge >= 0.3 is 0 Å². The highest BCUT2D eigenvalue weighted by molar-refractivity contribution is 9.10. The summed E-state index contributed by atoms with van der Waals surface area (Å²) < 4.78 is 13.7. The first-order valence-corrected chi connectivity index (χ1v) is 6.51. The molecule has 2 atom stereocenters. The second-order valence-corrected chi connectivity index (χ2v) is 5.30. The molecule has 1 aromatic carbocycles. The fraction of sp³-hybridized carbons (Fsp3) is 0.538. The molecule has 16 heavy (non-hydrogen) atoms. The molecular formula is C13H19BrFN. The average molecular weight is 288 g/mol. The Morgan fingerprint density at radius 2 is 2.12 bits per heavy atom. The minimum Gasteiger partial charge on any atom is -0.327 e. The van der Waals surface area contributed by atoms with Crippen LogP contribution in [0.15, 0.2) is 22.7 Å². The molecule has 0 spiro atoms. The van der Waals surface area contributed by atoms with Gasteiger partial charge in [-0.1, -0.05) is 42.3 Å². The molecule has 0 fully saturated rings. The summed E-state index contributed by atoms with van der Waals surface area (Å²) in [7, 11) is 0. The lowest BCUT2D eigenvalue weighted by molar-refractivity contribution is 0.450. The van der Waals surface area contributed by atoms with Gasteiger partial charge in [-0.2, -0.15) is 0 Å². The van der Waals surface area contributed by atoms with Crippen LogP contribution < -0.4 is 5.73 Å². The van der Waals surface area contributed by atoms with E-state index < -0.39 is 0 Å². The van der Waals surface area contributed by atoms with Crippen LogP contribution >= 0.6 is 15.9 Å². The Bertz CT molecular complexity index is 341. The van der Waals surface area contributed by atoms with Gasteiger partial charge in [-0.05, 0) is 36.5 Å². The molecule has 0 aliphatic rings. The van der Waals surface area contributed by atoms with Gasteiger partial charge in [0.2, 0.25) is 0 Å². The first-order valence-electron chi connectivity index (χ1n) is 5.72. The molecular weight excluding hydrogens is 269 g/mol. The zero-order chi connectivity index (χ0) is 12.1. The molecule has 0 bridgehead atoms. The van der Waals surface area contributed by atoms with Crippen molar-refractivity contribution in [3.05, 3.63) is 34.1 Å². The first kappa shape index (κ1) is 13.7. The second-order valence-electron chi connectivity index (χ2n) is 4.45. The van der Waals surface area contributed by atoms with Crippen molar-refractivity contribution in [3.63, 3.8) is 0 Å². The fourth-order valence-corrected chi connectivity index (χ4v) is 2.25. The predicted molar refractivity (Wildman–Crippen MR) is 69.9 cm³/mol. The lowest BCUT2D eigenvalue weighted by Crippen LogP contribution is -2.25. The molecule has 1 aromatic rings. The van der Waals surface area contributed by atoms with Gasteiger partial charge in [0.15, 0.2) is 0 Å². The summed E-state index contributed by atoms with van der Waals surface area (Å²) in [5, 5.41) is 0. The van der Waals surface area contributed by atoms with E-state index in [4.69, 9.17) is 5.73 Å². The van der Waals surface area contributed by atoms with Crippen LogP contribution in [0.1, 0.15) is 32.3 Å². The molecule has 0 saturated heterocycles. The predicted octanol–water partition coefficient (Wildman–Crippen LogP) is 3.89. The molecule has 2 N–H and O–H groups in total. The quantitative estimate of drug-likeness (QED) is 0.874. The zero-order valence-electron chi connectivity index (χ0n) is 9.84. The molecule has 0 saturated carbocycles.